The number of hydrogen-bond acceptors (Lipinski definition) is 3. The van der Waals surface area contributed by atoms with Crippen LogP contribution in [0, 0.1) is 0 Å². The number of fused-ring (bicyclic) bond motifs is 1. The topological polar surface area (TPSA) is 77.6 Å². The predicted octanol–water partition coefficient (Wildman–Crippen LogP) is 1.66. The van der Waals surface area contributed by atoms with E-state index in [1.54, 1.807) is 18.3 Å². The normalized spacial score (nSPS) is 10.9. The lowest BCUT2D eigenvalue weighted by Gasteiger charge is -1.89. The number of aromatic amines is 2. The third-order valence-electron chi connectivity index (χ3n) is 2.25. The Labute approximate surface area is 84.8 Å². The maximum absolute atomic E-state index is 9.57. The number of aromatic nitrogens is 4. The van der Waals surface area contributed by atoms with Crippen LogP contribution in [0.5, 0.6) is 5.75 Å². The lowest BCUT2D eigenvalue weighted by Crippen LogP contribution is -1.79. The number of para-hydroxylation sites is 1. The zero-order valence-electron chi connectivity index (χ0n) is 7.73. The Morgan fingerprint density at radius 1 is 1.20 bits per heavy atom. The molecule has 2 heterocycles. The highest BCUT2D eigenvalue weighted by atomic mass is 16.3. The number of benzene rings is 1. The van der Waals surface area contributed by atoms with Gasteiger partial charge in [-0.25, -0.2) is 4.98 Å². The summed E-state index contributed by atoms with van der Waals surface area (Å²) in [4.78, 5) is 7.37. The Kier molecular flexibility index (Phi) is 1.53. The van der Waals surface area contributed by atoms with Crippen molar-refractivity contribution in [2.75, 3.05) is 0 Å². The van der Waals surface area contributed by atoms with Crippen molar-refractivity contribution in [1.82, 2.24) is 20.2 Å². The molecule has 0 spiro atoms. The Hall–Kier alpha value is -2.30. The van der Waals surface area contributed by atoms with Gasteiger partial charge in [0.05, 0.1) is 5.52 Å². The van der Waals surface area contributed by atoms with Crippen LogP contribution in [-0.2, 0) is 0 Å². The molecular weight excluding hydrogens is 192 g/mol. The molecule has 15 heavy (non-hydrogen) atoms. The van der Waals surface area contributed by atoms with Gasteiger partial charge in [0.25, 0.3) is 0 Å². The summed E-state index contributed by atoms with van der Waals surface area (Å²) in [7, 11) is 0. The van der Waals surface area contributed by atoms with Gasteiger partial charge in [-0.15, -0.1) is 0 Å². The molecular formula is C10H8N4O. The van der Waals surface area contributed by atoms with Crippen LogP contribution in [0.25, 0.3) is 22.6 Å². The van der Waals surface area contributed by atoms with Gasteiger partial charge in [0, 0.05) is 6.20 Å². The molecule has 0 aliphatic carbocycles. The highest BCUT2D eigenvalue weighted by Crippen LogP contribution is 2.24. The molecule has 2 aromatic heterocycles. The van der Waals surface area contributed by atoms with Crippen LogP contribution in [0.3, 0.4) is 0 Å². The second-order valence-corrected chi connectivity index (χ2v) is 3.23. The van der Waals surface area contributed by atoms with Crippen molar-refractivity contribution in [3.8, 4) is 17.3 Å². The average molecular weight is 200 g/mol. The van der Waals surface area contributed by atoms with Crippen molar-refractivity contribution in [2.24, 2.45) is 0 Å². The predicted molar refractivity (Wildman–Crippen MR) is 55.3 cm³/mol. The summed E-state index contributed by atoms with van der Waals surface area (Å²) in [6.07, 6.45) is 1.66. The van der Waals surface area contributed by atoms with Gasteiger partial charge in [-0.05, 0) is 18.2 Å². The summed E-state index contributed by atoms with van der Waals surface area (Å²) in [5.74, 6) is 0.846. The largest absolute Gasteiger partial charge is 0.506 e. The maximum atomic E-state index is 9.57. The van der Waals surface area contributed by atoms with Gasteiger partial charge in [0.1, 0.15) is 17.0 Å². The molecule has 74 valence electrons. The van der Waals surface area contributed by atoms with E-state index in [4.69, 9.17) is 0 Å². The first-order valence-corrected chi connectivity index (χ1v) is 4.52. The fourth-order valence-electron chi connectivity index (χ4n) is 1.53. The van der Waals surface area contributed by atoms with Crippen LogP contribution in [0.4, 0.5) is 0 Å². The quantitative estimate of drug-likeness (QED) is 0.559. The Bertz CT molecular complexity index is 597. The summed E-state index contributed by atoms with van der Waals surface area (Å²) in [5, 5.41) is 16.2. The van der Waals surface area contributed by atoms with Gasteiger partial charge in [-0.1, -0.05) is 6.07 Å². The maximum Gasteiger partial charge on any atom is 0.156 e. The molecule has 5 nitrogen and oxygen atoms in total. The van der Waals surface area contributed by atoms with Crippen LogP contribution in [0.1, 0.15) is 0 Å². The SMILES string of the molecule is Oc1cccc2[nH]c(-c3ccn[nH]3)nc12. The van der Waals surface area contributed by atoms with E-state index in [1.807, 2.05) is 12.1 Å². The Morgan fingerprint density at radius 3 is 2.87 bits per heavy atom. The number of H-pyrrole nitrogens is 2. The molecule has 3 rings (SSSR count). The minimum Gasteiger partial charge on any atom is -0.506 e. The zero-order chi connectivity index (χ0) is 10.3. The van der Waals surface area contributed by atoms with Crippen molar-refractivity contribution in [1.29, 1.82) is 0 Å². The van der Waals surface area contributed by atoms with Crippen molar-refractivity contribution in [2.45, 2.75) is 0 Å². The standard InChI is InChI=1S/C10H8N4O/c15-8-3-1-2-6-9(8)13-10(12-6)7-4-5-11-14-7/h1-5,15H,(H,11,14)(H,12,13). The fraction of sp³-hybridized carbons (Fsp3) is 0. The van der Waals surface area contributed by atoms with Crippen molar-refractivity contribution in [3.63, 3.8) is 0 Å². The molecule has 0 aliphatic heterocycles. The second kappa shape index (κ2) is 2.84. The minimum atomic E-state index is 0.175. The second-order valence-electron chi connectivity index (χ2n) is 3.23. The number of aromatic hydroxyl groups is 1. The number of nitrogens with one attached hydrogen (secondary N) is 2. The van der Waals surface area contributed by atoms with Crippen LogP contribution < -0.4 is 0 Å². The van der Waals surface area contributed by atoms with Crippen LogP contribution >= 0.6 is 0 Å². The summed E-state index contributed by atoms with van der Waals surface area (Å²) in [6.45, 7) is 0. The van der Waals surface area contributed by atoms with Gasteiger partial charge < -0.3 is 10.1 Å². The molecule has 0 saturated carbocycles. The number of phenols is 1. The molecule has 0 amide bonds. The fourth-order valence-corrected chi connectivity index (χ4v) is 1.53. The molecule has 0 aliphatic rings. The molecule has 0 unspecified atom stereocenters. The molecule has 0 atom stereocenters. The third kappa shape index (κ3) is 1.17. The first kappa shape index (κ1) is 8.05. The number of imidazole rings is 1. The van der Waals surface area contributed by atoms with Gasteiger partial charge in [0.2, 0.25) is 0 Å². The van der Waals surface area contributed by atoms with Crippen molar-refractivity contribution in [3.05, 3.63) is 30.5 Å². The van der Waals surface area contributed by atoms with Gasteiger partial charge in [-0.3, -0.25) is 5.10 Å². The number of rotatable bonds is 1. The van der Waals surface area contributed by atoms with Gasteiger partial charge in [-0.2, -0.15) is 5.10 Å². The number of phenolic OH excluding ortho intramolecular Hbond substituents is 1. The molecule has 0 fully saturated rings. The number of hydrogen-bond donors (Lipinski definition) is 3. The highest BCUT2D eigenvalue weighted by Gasteiger charge is 2.08. The van der Waals surface area contributed by atoms with E-state index in [1.165, 1.54) is 0 Å². The Morgan fingerprint density at radius 2 is 2.13 bits per heavy atom. The molecule has 1 aromatic carbocycles. The summed E-state index contributed by atoms with van der Waals surface area (Å²) < 4.78 is 0. The van der Waals surface area contributed by atoms with Crippen LogP contribution in [-0.4, -0.2) is 25.3 Å². The molecule has 5 heteroatoms. The van der Waals surface area contributed by atoms with Gasteiger partial charge in [0.15, 0.2) is 5.82 Å². The van der Waals surface area contributed by atoms with E-state index in [-0.39, 0.29) is 5.75 Å². The van der Waals surface area contributed by atoms with E-state index < -0.39 is 0 Å². The summed E-state index contributed by atoms with van der Waals surface area (Å²) >= 11 is 0. The molecule has 3 aromatic rings. The lowest BCUT2D eigenvalue weighted by molar-refractivity contribution is 0.480. The third-order valence-corrected chi connectivity index (χ3v) is 2.25. The number of nitrogens with zero attached hydrogens (tertiary/aromatic N) is 2. The summed E-state index contributed by atoms with van der Waals surface area (Å²) in [5.41, 5.74) is 2.17. The van der Waals surface area contributed by atoms with Gasteiger partial charge >= 0.3 is 0 Å². The van der Waals surface area contributed by atoms with E-state index in [0.29, 0.717) is 11.3 Å². The zero-order valence-corrected chi connectivity index (χ0v) is 7.73. The van der Waals surface area contributed by atoms with E-state index in [2.05, 4.69) is 20.2 Å². The van der Waals surface area contributed by atoms with Crippen molar-refractivity contribution >= 4 is 11.0 Å². The minimum absolute atomic E-state index is 0.175. The lowest BCUT2D eigenvalue weighted by atomic mass is 10.3. The molecule has 0 radical (unpaired) electrons. The highest BCUT2D eigenvalue weighted by molar-refractivity contribution is 5.84. The first-order valence-electron chi connectivity index (χ1n) is 4.52. The van der Waals surface area contributed by atoms with Crippen LogP contribution in [0.15, 0.2) is 30.5 Å². The monoisotopic (exact) mass is 200 g/mol. The summed E-state index contributed by atoms with van der Waals surface area (Å²) in [6, 6.07) is 7.06. The van der Waals surface area contributed by atoms with E-state index in [0.717, 1.165) is 11.2 Å². The average Bonchev–Trinajstić information content (AvgIpc) is 2.86. The molecule has 0 saturated heterocycles. The molecule has 3 N–H and O–H groups in total. The molecule has 0 bridgehead atoms. The smallest absolute Gasteiger partial charge is 0.156 e. The van der Waals surface area contributed by atoms with Crippen molar-refractivity contribution < 1.29 is 5.11 Å². The van der Waals surface area contributed by atoms with E-state index >= 15 is 0 Å². The Balaban J connectivity index is 2.27. The van der Waals surface area contributed by atoms with Crippen LogP contribution in [0.2, 0.25) is 0 Å². The first-order chi connectivity index (χ1) is 7.34. The van der Waals surface area contributed by atoms with E-state index in [9.17, 15) is 5.11 Å².